The molecule has 2 aromatic rings. The summed E-state index contributed by atoms with van der Waals surface area (Å²) < 4.78 is 1.71. The summed E-state index contributed by atoms with van der Waals surface area (Å²) in [4.78, 5) is 15.3. The molecule has 0 aliphatic rings. The highest BCUT2D eigenvalue weighted by Gasteiger charge is 2.16. The maximum atomic E-state index is 11.3. The predicted molar refractivity (Wildman–Crippen MR) is 74.5 cm³/mol. The van der Waals surface area contributed by atoms with E-state index in [-0.39, 0.29) is 17.3 Å². The first kappa shape index (κ1) is 13.5. The number of carbonyl (C=O) groups is 1. The molecule has 1 aromatic carbocycles. The van der Waals surface area contributed by atoms with Crippen molar-refractivity contribution in [1.29, 1.82) is 10.7 Å². The maximum Gasteiger partial charge on any atom is 0.222 e. The first-order valence-electron chi connectivity index (χ1n) is 5.97. The van der Waals surface area contributed by atoms with Gasteiger partial charge in [-0.25, -0.2) is 4.98 Å². The molecule has 0 bridgehead atoms. The molecule has 0 fully saturated rings. The summed E-state index contributed by atoms with van der Waals surface area (Å²) >= 11 is 0. The molecule has 0 aliphatic carbocycles. The molecule has 6 nitrogen and oxygen atoms in total. The maximum absolute atomic E-state index is 11.3. The Bertz CT molecular complexity index is 681. The van der Waals surface area contributed by atoms with Crippen molar-refractivity contribution in [3.8, 4) is 6.07 Å². The fourth-order valence-electron chi connectivity index (χ4n) is 1.82. The minimum atomic E-state index is -0.277. The van der Waals surface area contributed by atoms with Crippen LogP contribution in [0.3, 0.4) is 0 Å². The number of hydrogen-bond acceptors (Lipinski definition) is 4. The number of benzene rings is 1. The Hall–Kier alpha value is -2.94. The molecule has 0 radical (unpaired) electrons. The third-order valence-corrected chi connectivity index (χ3v) is 2.68. The van der Waals surface area contributed by atoms with Crippen LogP contribution in [0.25, 0.3) is 0 Å². The van der Waals surface area contributed by atoms with Gasteiger partial charge in [0.15, 0.2) is 5.71 Å². The van der Waals surface area contributed by atoms with Gasteiger partial charge in [-0.1, -0.05) is 30.3 Å². The number of imidazole rings is 1. The molecule has 0 saturated heterocycles. The van der Waals surface area contributed by atoms with Crippen LogP contribution in [0.15, 0.2) is 36.7 Å². The molecule has 2 rings (SSSR count). The highest BCUT2D eigenvalue weighted by atomic mass is 16.1. The quantitative estimate of drug-likeness (QED) is 0.826. The monoisotopic (exact) mass is 267 g/mol. The van der Waals surface area contributed by atoms with Crippen molar-refractivity contribution in [2.45, 2.75) is 13.5 Å². The molecule has 1 aromatic heterocycles. The van der Waals surface area contributed by atoms with E-state index in [4.69, 9.17) is 10.7 Å². The van der Waals surface area contributed by atoms with Crippen LogP contribution in [0.4, 0.5) is 5.82 Å². The average Bonchev–Trinajstić information content (AvgIpc) is 2.81. The summed E-state index contributed by atoms with van der Waals surface area (Å²) in [7, 11) is 0. The molecule has 0 atom stereocenters. The number of amides is 1. The number of nitriles is 1. The van der Waals surface area contributed by atoms with E-state index in [1.54, 1.807) is 10.6 Å². The molecule has 2 N–H and O–H groups in total. The van der Waals surface area contributed by atoms with Crippen LogP contribution in [0.2, 0.25) is 0 Å². The zero-order valence-electron chi connectivity index (χ0n) is 10.9. The van der Waals surface area contributed by atoms with Gasteiger partial charge in [-0.15, -0.1) is 0 Å². The molecule has 6 heteroatoms. The van der Waals surface area contributed by atoms with Crippen LogP contribution in [-0.2, 0) is 11.3 Å². The predicted octanol–water partition coefficient (Wildman–Crippen LogP) is 1.78. The minimum Gasteiger partial charge on any atom is -0.312 e. The van der Waals surface area contributed by atoms with Gasteiger partial charge in [0, 0.05) is 6.92 Å². The Morgan fingerprint density at radius 2 is 2.15 bits per heavy atom. The second kappa shape index (κ2) is 5.80. The number of nitrogens with one attached hydrogen (secondary N) is 2. The van der Waals surface area contributed by atoms with E-state index in [0.717, 1.165) is 5.56 Å². The van der Waals surface area contributed by atoms with Crippen LogP contribution in [0, 0.1) is 16.7 Å². The zero-order valence-corrected chi connectivity index (χ0v) is 10.9. The second-order valence-corrected chi connectivity index (χ2v) is 4.22. The Balaban J connectivity index is 2.38. The first-order valence-corrected chi connectivity index (χ1v) is 5.97. The third-order valence-electron chi connectivity index (χ3n) is 2.68. The fourth-order valence-corrected chi connectivity index (χ4v) is 1.82. The van der Waals surface area contributed by atoms with Crippen molar-refractivity contribution in [1.82, 2.24) is 9.55 Å². The van der Waals surface area contributed by atoms with Crippen LogP contribution in [0.5, 0.6) is 0 Å². The van der Waals surface area contributed by atoms with Crippen molar-refractivity contribution in [2.75, 3.05) is 5.32 Å². The summed E-state index contributed by atoms with van der Waals surface area (Å²) in [5, 5.41) is 19.0. The van der Waals surface area contributed by atoms with Crippen molar-refractivity contribution in [3.05, 3.63) is 47.9 Å². The number of hydrogen-bond donors (Lipinski definition) is 2. The van der Waals surface area contributed by atoms with Crippen molar-refractivity contribution in [3.63, 3.8) is 0 Å². The standard InChI is InChI=1S/C14H13N5O/c1-10(20)18-14-13(12(16)7-15)17-9-19(14)8-11-5-3-2-4-6-11/h2-6,9,16H,8H2,1H3,(H,18,20). The lowest BCUT2D eigenvalue weighted by atomic mass is 10.2. The van der Waals surface area contributed by atoms with Gasteiger partial charge >= 0.3 is 0 Å². The van der Waals surface area contributed by atoms with E-state index in [1.807, 2.05) is 30.3 Å². The molecular weight excluding hydrogens is 254 g/mol. The summed E-state index contributed by atoms with van der Waals surface area (Å²) in [6.07, 6.45) is 1.51. The van der Waals surface area contributed by atoms with E-state index in [1.165, 1.54) is 13.3 Å². The van der Waals surface area contributed by atoms with E-state index in [2.05, 4.69) is 10.3 Å². The lowest BCUT2D eigenvalue weighted by molar-refractivity contribution is -0.114. The Morgan fingerprint density at radius 3 is 2.75 bits per heavy atom. The molecule has 100 valence electrons. The zero-order chi connectivity index (χ0) is 14.5. The second-order valence-electron chi connectivity index (χ2n) is 4.22. The largest absolute Gasteiger partial charge is 0.312 e. The molecule has 0 spiro atoms. The summed E-state index contributed by atoms with van der Waals surface area (Å²) in [6, 6.07) is 11.4. The smallest absolute Gasteiger partial charge is 0.222 e. The molecule has 0 saturated carbocycles. The Morgan fingerprint density at radius 1 is 1.45 bits per heavy atom. The van der Waals surface area contributed by atoms with Crippen LogP contribution in [0.1, 0.15) is 18.2 Å². The number of aromatic nitrogens is 2. The van der Waals surface area contributed by atoms with Gasteiger partial charge in [0.1, 0.15) is 17.6 Å². The van der Waals surface area contributed by atoms with E-state index in [0.29, 0.717) is 12.4 Å². The molecular formula is C14H13N5O. The van der Waals surface area contributed by atoms with Gasteiger partial charge in [0.25, 0.3) is 0 Å². The Labute approximate surface area is 116 Å². The molecule has 0 unspecified atom stereocenters. The lowest BCUT2D eigenvalue weighted by Gasteiger charge is -2.09. The van der Waals surface area contributed by atoms with Crippen LogP contribution < -0.4 is 5.32 Å². The molecule has 1 amide bonds. The van der Waals surface area contributed by atoms with Crippen molar-refractivity contribution >= 4 is 17.4 Å². The normalized spacial score (nSPS) is 9.80. The Kier molecular flexibility index (Phi) is 3.91. The molecule has 20 heavy (non-hydrogen) atoms. The van der Waals surface area contributed by atoms with E-state index in [9.17, 15) is 4.79 Å². The average molecular weight is 267 g/mol. The van der Waals surface area contributed by atoms with E-state index < -0.39 is 0 Å². The van der Waals surface area contributed by atoms with Gasteiger partial charge in [-0.2, -0.15) is 5.26 Å². The lowest BCUT2D eigenvalue weighted by Crippen LogP contribution is -2.14. The highest BCUT2D eigenvalue weighted by Crippen LogP contribution is 2.17. The van der Waals surface area contributed by atoms with Crippen molar-refractivity contribution < 1.29 is 4.79 Å². The van der Waals surface area contributed by atoms with Gasteiger partial charge in [0.2, 0.25) is 5.91 Å². The van der Waals surface area contributed by atoms with Gasteiger partial charge in [0.05, 0.1) is 12.9 Å². The van der Waals surface area contributed by atoms with Crippen molar-refractivity contribution in [2.24, 2.45) is 0 Å². The number of anilines is 1. The topological polar surface area (TPSA) is 94.6 Å². The van der Waals surface area contributed by atoms with Gasteiger partial charge in [-0.3, -0.25) is 10.2 Å². The van der Waals surface area contributed by atoms with Crippen LogP contribution >= 0.6 is 0 Å². The highest BCUT2D eigenvalue weighted by molar-refractivity contribution is 6.12. The SMILES string of the molecule is CC(=O)Nc1c(C(=N)C#N)ncn1Cc1ccccc1. The number of rotatable bonds is 4. The van der Waals surface area contributed by atoms with Crippen LogP contribution in [-0.4, -0.2) is 21.2 Å². The number of carbonyl (C=O) groups excluding carboxylic acids is 1. The summed E-state index contributed by atoms with van der Waals surface area (Å²) in [6.45, 7) is 1.88. The summed E-state index contributed by atoms with van der Waals surface area (Å²) in [5.74, 6) is 0.0969. The van der Waals surface area contributed by atoms with Gasteiger partial charge < -0.3 is 9.88 Å². The summed E-state index contributed by atoms with van der Waals surface area (Å²) in [5.41, 5.74) is 0.936. The third kappa shape index (κ3) is 2.90. The molecule has 1 heterocycles. The minimum absolute atomic E-state index is 0.179. The first-order chi connectivity index (χ1) is 9.61. The fraction of sp³-hybridized carbons (Fsp3) is 0.143. The molecule has 0 aliphatic heterocycles. The number of nitrogens with zero attached hydrogens (tertiary/aromatic N) is 3. The van der Waals surface area contributed by atoms with Gasteiger partial charge in [-0.05, 0) is 5.56 Å². The van der Waals surface area contributed by atoms with E-state index >= 15 is 0 Å².